The summed E-state index contributed by atoms with van der Waals surface area (Å²) in [6.07, 6.45) is 5.60. The van der Waals surface area contributed by atoms with Gasteiger partial charge in [0.1, 0.15) is 5.75 Å². The molecule has 1 N–H and O–H groups in total. The van der Waals surface area contributed by atoms with Crippen molar-refractivity contribution in [2.24, 2.45) is 0 Å². The first-order valence-corrected chi connectivity index (χ1v) is 10.5. The fraction of sp³-hybridized carbons (Fsp3) is 0.375. The van der Waals surface area contributed by atoms with E-state index in [4.69, 9.17) is 14.7 Å². The minimum Gasteiger partial charge on any atom is -0.493 e. The topological polar surface area (TPSA) is 73.1 Å². The monoisotopic (exact) mass is 402 g/mol. The first kappa shape index (κ1) is 19.0. The lowest BCUT2D eigenvalue weighted by Gasteiger charge is -2.21. The zero-order chi connectivity index (χ0) is 20.8. The van der Waals surface area contributed by atoms with E-state index >= 15 is 0 Å². The fourth-order valence-corrected chi connectivity index (χ4v) is 4.66. The quantitative estimate of drug-likeness (QED) is 0.709. The number of aliphatic hydroxyl groups is 1. The van der Waals surface area contributed by atoms with Crippen molar-refractivity contribution in [3.8, 4) is 17.0 Å². The van der Waals surface area contributed by atoms with Gasteiger partial charge in [-0.2, -0.15) is 5.10 Å². The van der Waals surface area contributed by atoms with Crippen molar-refractivity contribution in [2.75, 3.05) is 13.2 Å². The van der Waals surface area contributed by atoms with E-state index in [-0.39, 0.29) is 12.5 Å². The number of aliphatic hydroxyl groups excluding tert-OH is 1. The molecule has 2 aromatic heterocycles. The molecule has 0 unspecified atom stereocenters. The Bertz CT molecular complexity index is 1160. The van der Waals surface area contributed by atoms with E-state index in [0.717, 1.165) is 46.2 Å². The Balaban J connectivity index is 1.72. The maximum atomic E-state index is 9.51. The van der Waals surface area contributed by atoms with Crippen LogP contribution in [0.2, 0.25) is 0 Å². The number of hydrogen-bond donors (Lipinski definition) is 1. The number of aryl methyl sites for hydroxylation is 2. The van der Waals surface area contributed by atoms with Crippen molar-refractivity contribution in [1.29, 1.82) is 0 Å². The van der Waals surface area contributed by atoms with E-state index in [1.807, 2.05) is 17.8 Å². The number of fused-ring (bicyclic) bond motifs is 4. The Morgan fingerprint density at radius 3 is 2.97 bits per heavy atom. The van der Waals surface area contributed by atoms with Crippen molar-refractivity contribution in [2.45, 2.75) is 46.1 Å². The predicted octanol–water partition coefficient (Wildman–Crippen LogP) is 3.63. The van der Waals surface area contributed by atoms with Crippen LogP contribution in [0.1, 0.15) is 46.7 Å². The van der Waals surface area contributed by atoms with Gasteiger partial charge < -0.3 is 9.84 Å². The maximum Gasteiger partial charge on any atom is 0.123 e. The van der Waals surface area contributed by atoms with Crippen LogP contribution < -0.4 is 4.74 Å². The lowest BCUT2D eigenvalue weighted by molar-refractivity contribution is 0.264. The standard InChI is InChI=1S/C24H26N4O2/c1-14-4-7-22-18(12-14)15(2)17-5-6-19-24(17)26-20(13-25-19)23-16(3)27-28(9-10-29)21(23)8-11-30-22/h4-5,7,12-13,15,29H,6,8-11H2,1-3H3/t15-/m0/s1. The van der Waals surface area contributed by atoms with Gasteiger partial charge in [0.2, 0.25) is 0 Å². The molecule has 154 valence electrons. The van der Waals surface area contributed by atoms with E-state index in [1.165, 1.54) is 16.7 Å². The molecule has 0 saturated carbocycles. The minimum atomic E-state index is 0.0385. The smallest absolute Gasteiger partial charge is 0.123 e. The first-order valence-electron chi connectivity index (χ1n) is 10.5. The van der Waals surface area contributed by atoms with Gasteiger partial charge in [-0.25, -0.2) is 4.98 Å². The third-order valence-electron chi connectivity index (χ3n) is 6.13. The molecule has 0 fully saturated rings. The highest BCUT2D eigenvalue weighted by atomic mass is 16.5. The summed E-state index contributed by atoms with van der Waals surface area (Å²) in [5.41, 5.74) is 9.39. The molecule has 30 heavy (non-hydrogen) atoms. The summed E-state index contributed by atoms with van der Waals surface area (Å²) in [6.45, 7) is 7.35. The Morgan fingerprint density at radius 2 is 2.13 bits per heavy atom. The number of rotatable bonds is 2. The van der Waals surface area contributed by atoms with Crippen molar-refractivity contribution < 1.29 is 9.84 Å². The van der Waals surface area contributed by atoms with E-state index in [1.54, 1.807) is 0 Å². The number of benzene rings is 1. The van der Waals surface area contributed by atoms with Crippen LogP contribution in [0.15, 0.2) is 30.5 Å². The van der Waals surface area contributed by atoms with Gasteiger partial charge in [0.05, 0.1) is 54.4 Å². The first-order chi connectivity index (χ1) is 14.6. The molecule has 1 atom stereocenters. The highest BCUT2D eigenvalue weighted by Gasteiger charge is 2.28. The molecule has 2 bridgehead atoms. The van der Waals surface area contributed by atoms with Gasteiger partial charge in [0, 0.05) is 29.9 Å². The summed E-state index contributed by atoms with van der Waals surface area (Å²) in [5.74, 6) is 1.08. The number of allylic oxidation sites excluding steroid dienone is 2. The predicted molar refractivity (Wildman–Crippen MR) is 116 cm³/mol. The third kappa shape index (κ3) is 3.03. The molecule has 0 radical (unpaired) electrons. The van der Waals surface area contributed by atoms with Crippen LogP contribution in [0, 0.1) is 13.8 Å². The molecule has 6 heteroatoms. The largest absolute Gasteiger partial charge is 0.493 e. The molecule has 2 aliphatic rings. The summed E-state index contributed by atoms with van der Waals surface area (Å²) in [5, 5.41) is 14.2. The molecule has 5 rings (SSSR count). The lowest BCUT2D eigenvalue weighted by atomic mass is 9.90. The summed E-state index contributed by atoms with van der Waals surface area (Å²) in [7, 11) is 0. The second kappa shape index (κ2) is 7.36. The van der Waals surface area contributed by atoms with Crippen LogP contribution in [-0.4, -0.2) is 38.1 Å². The van der Waals surface area contributed by atoms with Crippen molar-refractivity contribution >= 4 is 5.57 Å². The van der Waals surface area contributed by atoms with Crippen LogP contribution in [0.3, 0.4) is 0 Å². The van der Waals surface area contributed by atoms with Crippen LogP contribution in [0.4, 0.5) is 0 Å². The Labute approximate surface area is 176 Å². The Morgan fingerprint density at radius 1 is 1.27 bits per heavy atom. The molecule has 1 aliphatic heterocycles. The minimum absolute atomic E-state index is 0.0385. The summed E-state index contributed by atoms with van der Waals surface area (Å²) in [6, 6.07) is 6.38. The van der Waals surface area contributed by atoms with Gasteiger partial charge in [0.15, 0.2) is 0 Å². The average Bonchev–Trinajstić information content (AvgIpc) is 3.28. The molecule has 3 heterocycles. The van der Waals surface area contributed by atoms with Gasteiger partial charge >= 0.3 is 0 Å². The van der Waals surface area contributed by atoms with Gasteiger partial charge in [0.25, 0.3) is 0 Å². The lowest BCUT2D eigenvalue weighted by Crippen LogP contribution is -2.13. The molecular formula is C24H26N4O2. The number of nitrogens with zero attached hydrogens (tertiary/aromatic N) is 4. The van der Waals surface area contributed by atoms with Gasteiger partial charge in [-0.15, -0.1) is 0 Å². The molecule has 6 nitrogen and oxygen atoms in total. The molecule has 0 spiro atoms. The summed E-state index contributed by atoms with van der Waals surface area (Å²) in [4.78, 5) is 9.84. The van der Waals surface area contributed by atoms with Gasteiger partial charge in [-0.05, 0) is 25.5 Å². The number of aromatic nitrogens is 4. The zero-order valence-electron chi connectivity index (χ0n) is 17.6. The van der Waals surface area contributed by atoms with Crippen molar-refractivity contribution in [1.82, 2.24) is 19.7 Å². The second-order valence-electron chi connectivity index (χ2n) is 8.13. The third-order valence-corrected chi connectivity index (χ3v) is 6.13. The van der Waals surface area contributed by atoms with E-state index in [2.05, 4.69) is 43.2 Å². The molecule has 1 aliphatic carbocycles. The highest BCUT2D eigenvalue weighted by Crippen LogP contribution is 2.41. The number of hydrogen-bond acceptors (Lipinski definition) is 5. The maximum absolute atomic E-state index is 9.51. The molecule has 0 amide bonds. The number of ether oxygens (including phenoxy) is 1. The van der Waals surface area contributed by atoms with Crippen LogP contribution in [0.5, 0.6) is 5.75 Å². The highest BCUT2D eigenvalue weighted by molar-refractivity contribution is 5.77. The zero-order valence-corrected chi connectivity index (χ0v) is 17.6. The van der Waals surface area contributed by atoms with Gasteiger partial charge in [-0.3, -0.25) is 9.67 Å². The second-order valence-corrected chi connectivity index (χ2v) is 8.13. The molecular weight excluding hydrogens is 376 g/mol. The Kier molecular flexibility index (Phi) is 4.66. The normalized spacial score (nSPS) is 17.3. The van der Waals surface area contributed by atoms with Crippen LogP contribution in [0.25, 0.3) is 16.8 Å². The van der Waals surface area contributed by atoms with Crippen LogP contribution >= 0.6 is 0 Å². The van der Waals surface area contributed by atoms with E-state index in [0.29, 0.717) is 19.6 Å². The summed E-state index contributed by atoms with van der Waals surface area (Å²) < 4.78 is 8.17. The van der Waals surface area contributed by atoms with Gasteiger partial charge in [-0.1, -0.05) is 30.7 Å². The molecule has 3 aromatic rings. The fourth-order valence-electron chi connectivity index (χ4n) is 4.66. The molecule has 1 aromatic carbocycles. The molecule has 0 saturated heterocycles. The van der Waals surface area contributed by atoms with E-state index in [9.17, 15) is 5.11 Å². The van der Waals surface area contributed by atoms with E-state index < -0.39 is 0 Å². The Hall–Kier alpha value is -2.99. The van der Waals surface area contributed by atoms with Crippen molar-refractivity contribution in [3.05, 3.63) is 64.4 Å². The average molecular weight is 402 g/mol. The van der Waals surface area contributed by atoms with Crippen LogP contribution in [-0.2, 0) is 19.4 Å². The van der Waals surface area contributed by atoms with Crippen molar-refractivity contribution in [3.63, 3.8) is 0 Å². The SMILES string of the molecule is Cc1ccc2c(c1)[C@@H](C)C1=CCc3ncc(nc31)-c1c(C)nn(CCO)c1CCO2. The summed E-state index contributed by atoms with van der Waals surface area (Å²) >= 11 is 0.